The van der Waals surface area contributed by atoms with Crippen molar-refractivity contribution in [2.45, 2.75) is 13.8 Å². The Morgan fingerprint density at radius 3 is 2.11 bits per heavy atom. The van der Waals surface area contributed by atoms with E-state index in [9.17, 15) is 9.59 Å². The highest BCUT2D eigenvalue weighted by Gasteiger charge is 2.13. The minimum Gasteiger partial charge on any atom is -0.495 e. The molecule has 0 aliphatic heterocycles. The smallest absolute Gasteiger partial charge is 0.257 e. The molecule has 2 N–H and O–H groups in total. The van der Waals surface area contributed by atoms with E-state index >= 15 is 0 Å². The van der Waals surface area contributed by atoms with Crippen LogP contribution in [-0.4, -0.2) is 23.9 Å². The average molecular weight is 375 g/mol. The van der Waals surface area contributed by atoms with Crippen molar-refractivity contribution in [1.29, 1.82) is 0 Å². The lowest BCUT2D eigenvalue weighted by atomic mass is 10.1. The molecule has 3 rings (SSSR count). The van der Waals surface area contributed by atoms with Gasteiger partial charge in [0.25, 0.3) is 11.8 Å². The Bertz CT molecular complexity index is 1010. The van der Waals surface area contributed by atoms with Crippen LogP contribution in [-0.2, 0) is 0 Å². The van der Waals surface area contributed by atoms with Crippen LogP contribution in [0.1, 0.15) is 31.8 Å². The molecule has 142 valence electrons. The van der Waals surface area contributed by atoms with Crippen LogP contribution in [0.2, 0.25) is 0 Å². The summed E-state index contributed by atoms with van der Waals surface area (Å²) >= 11 is 0. The van der Waals surface area contributed by atoms with Gasteiger partial charge >= 0.3 is 0 Å². The second kappa shape index (κ2) is 8.35. The summed E-state index contributed by atoms with van der Waals surface area (Å²) in [4.78, 5) is 29.2. The van der Waals surface area contributed by atoms with Crippen molar-refractivity contribution in [3.8, 4) is 5.75 Å². The lowest BCUT2D eigenvalue weighted by molar-refractivity contribution is 0.102. The van der Waals surface area contributed by atoms with Crippen molar-refractivity contribution in [3.63, 3.8) is 0 Å². The first kappa shape index (κ1) is 19.1. The number of methoxy groups -OCH3 is 1. The first-order valence-electron chi connectivity index (χ1n) is 8.75. The van der Waals surface area contributed by atoms with E-state index in [-0.39, 0.29) is 17.4 Å². The van der Waals surface area contributed by atoms with Crippen LogP contribution in [0.25, 0.3) is 0 Å². The molecule has 2 amide bonds. The molecule has 0 aliphatic carbocycles. The Morgan fingerprint density at radius 1 is 0.857 bits per heavy atom. The Hall–Kier alpha value is -3.67. The molecule has 6 heteroatoms. The van der Waals surface area contributed by atoms with E-state index in [0.717, 1.165) is 11.1 Å². The molecule has 0 radical (unpaired) electrons. The molecule has 1 heterocycles. The molecule has 2 aromatic carbocycles. The summed E-state index contributed by atoms with van der Waals surface area (Å²) in [6, 6.07) is 14.4. The third-order valence-corrected chi connectivity index (χ3v) is 4.10. The number of pyridine rings is 1. The third-order valence-electron chi connectivity index (χ3n) is 4.10. The molecule has 0 fully saturated rings. The number of hydrogen-bond donors (Lipinski definition) is 2. The standard InChI is InChI=1S/C22H21N3O3/c1-14-8-15(2)10-18(9-14)24-21(26)16-11-17(13-23-12-16)22(27)25-19-6-4-5-7-20(19)28-3/h4-13H,1-3H3,(H,24,26)(H,25,27). The van der Waals surface area contributed by atoms with Gasteiger partial charge in [-0.15, -0.1) is 0 Å². The maximum atomic E-state index is 12.6. The number of carbonyl (C=O) groups excluding carboxylic acids is 2. The maximum absolute atomic E-state index is 12.6. The quantitative estimate of drug-likeness (QED) is 0.700. The maximum Gasteiger partial charge on any atom is 0.257 e. The SMILES string of the molecule is COc1ccccc1NC(=O)c1cncc(C(=O)Nc2cc(C)cc(C)c2)c1. The minimum absolute atomic E-state index is 0.277. The molecule has 0 bridgehead atoms. The number of aromatic nitrogens is 1. The second-order valence-electron chi connectivity index (χ2n) is 6.45. The summed E-state index contributed by atoms with van der Waals surface area (Å²) in [5.74, 6) is -0.157. The van der Waals surface area contributed by atoms with Gasteiger partial charge in [-0.3, -0.25) is 14.6 Å². The summed E-state index contributed by atoms with van der Waals surface area (Å²) in [7, 11) is 1.53. The molecular formula is C22H21N3O3. The highest BCUT2D eigenvalue weighted by Crippen LogP contribution is 2.23. The number of carbonyl (C=O) groups is 2. The lowest BCUT2D eigenvalue weighted by Gasteiger charge is -2.11. The number of anilines is 2. The van der Waals surface area contributed by atoms with Gasteiger partial charge in [-0.1, -0.05) is 18.2 Å². The Balaban J connectivity index is 1.77. The number of ether oxygens (including phenoxy) is 1. The molecule has 0 saturated carbocycles. The fourth-order valence-corrected chi connectivity index (χ4v) is 2.88. The van der Waals surface area contributed by atoms with Gasteiger partial charge in [-0.05, 0) is 55.3 Å². The highest BCUT2D eigenvalue weighted by molar-refractivity contribution is 6.08. The predicted octanol–water partition coefficient (Wildman–Crippen LogP) is 4.21. The fraction of sp³-hybridized carbons (Fsp3) is 0.136. The summed E-state index contributed by atoms with van der Waals surface area (Å²) in [6.45, 7) is 3.93. The first-order valence-corrected chi connectivity index (χ1v) is 8.75. The van der Waals surface area contributed by atoms with Crippen LogP contribution < -0.4 is 15.4 Å². The van der Waals surface area contributed by atoms with Gasteiger partial charge in [0.05, 0.1) is 23.9 Å². The minimum atomic E-state index is -0.377. The molecule has 0 aliphatic rings. The molecule has 6 nitrogen and oxygen atoms in total. The van der Waals surface area contributed by atoms with Crippen molar-refractivity contribution in [3.05, 3.63) is 83.2 Å². The van der Waals surface area contributed by atoms with Gasteiger partial charge in [0.1, 0.15) is 5.75 Å². The van der Waals surface area contributed by atoms with Gasteiger partial charge in [-0.25, -0.2) is 0 Å². The predicted molar refractivity (Wildman–Crippen MR) is 109 cm³/mol. The van der Waals surface area contributed by atoms with Crippen molar-refractivity contribution >= 4 is 23.2 Å². The molecule has 3 aromatic rings. The van der Waals surface area contributed by atoms with Gasteiger partial charge < -0.3 is 15.4 Å². The average Bonchev–Trinajstić information content (AvgIpc) is 2.67. The Kier molecular flexibility index (Phi) is 5.69. The van der Waals surface area contributed by atoms with E-state index in [1.54, 1.807) is 18.2 Å². The molecule has 1 aromatic heterocycles. The van der Waals surface area contributed by atoms with Crippen molar-refractivity contribution in [1.82, 2.24) is 4.98 Å². The molecule has 28 heavy (non-hydrogen) atoms. The van der Waals surface area contributed by atoms with Gasteiger partial charge in [0.2, 0.25) is 0 Å². The van der Waals surface area contributed by atoms with E-state index in [1.807, 2.05) is 38.1 Å². The number of rotatable bonds is 5. The van der Waals surface area contributed by atoms with Crippen LogP contribution in [0.3, 0.4) is 0 Å². The summed E-state index contributed by atoms with van der Waals surface area (Å²) in [5, 5.41) is 5.62. The molecule has 0 spiro atoms. The Labute approximate surface area is 163 Å². The number of benzene rings is 2. The zero-order valence-corrected chi connectivity index (χ0v) is 15.9. The molecule has 0 saturated heterocycles. The van der Waals surface area contributed by atoms with Gasteiger partial charge in [0, 0.05) is 18.1 Å². The number of amides is 2. The monoisotopic (exact) mass is 375 g/mol. The third kappa shape index (κ3) is 4.54. The van der Waals surface area contributed by atoms with E-state index in [1.165, 1.54) is 25.6 Å². The van der Waals surface area contributed by atoms with Crippen molar-refractivity contribution in [2.75, 3.05) is 17.7 Å². The number of nitrogens with one attached hydrogen (secondary N) is 2. The highest BCUT2D eigenvalue weighted by atomic mass is 16.5. The van der Waals surface area contributed by atoms with Crippen LogP contribution in [0.4, 0.5) is 11.4 Å². The molecular weight excluding hydrogens is 354 g/mol. The van der Waals surface area contributed by atoms with E-state index in [0.29, 0.717) is 22.7 Å². The number of para-hydroxylation sites is 2. The Morgan fingerprint density at radius 2 is 1.46 bits per heavy atom. The van der Waals surface area contributed by atoms with Crippen molar-refractivity contribution in [2.24, 2.45) is 0 Å². The van der Waals surface area contributed by atoms with Crippen LogP contribution in [0.5, 0.6) is 5.75 Å². The number of hydrogen-bond acceptors (Lipinski definition) is 4. The largest absolute Gasteiger partial charge is 0.495 e. The van der Waals surface area contributed by atoms with Gasteiger partial charge in [0.15, 0.2) is 0 Å². The summed E-state index contributed by atoms with van der Waals surface area (Å²) < 4.78 is 5.24. The normalized spacial score (nSPS) is 10.2. The zero-order chi connectivity index (χ0) is 20.1. The fourth-order valence-electron chi connectivity index (χ4n) is 2.88. The van der Waals surface area contributed by atoms with Crippen LogP contribution in [0, 0.1) is 13.8 Å². The molecule has 0 unspecified atom stereocenters. The van der Waals surface area contributed by atoms with E-state index < -0.39 is 0 Å². The number of aryl methyl sites for hydroxylation is 2. The van der Waals surface area contributed by atoms with Crippen molar-refractivity contribution < 1.29 is 14.3 Å². The lowest BCUT2D eigenvalue weighted by Crippen LogP contribution is -2.16. The van der Waals surface area contributed by atoms with Gasteiger partial charge in [-0.2, -0.15) is 0 Å². The molecule has 0 atom stereocenters. The van der Waals surface area contributed by atoms with Crippen LogP contribution in [0.15, 0.2) is 60.9 Å². The van der Waals surface area contributed by atoms with E-state index in [2.05, 4.69) is 15.6 Å². The first-order chi connectivity index (χ1) is 13.5. The number of nitrogens with zero attached hydrogens (tertiary/aromatic N) is 1. The second-order valence-corrected chi connectivity index (χ2v) is 6.45. The van der Waals surface area contributed by atoms with E-state index in [4.69, 9.17) is 4.74 Å². The topological polar surface area (TPSA) is 80.3 Å². The van der Waals surface area contributed by atoms with Crippen LogP contribution >= 0.6 is 0 Å². The zero-order valence-electron chi connectivity index (χ0n) is 15.9. The summed E-state index contributed by atoms with van der Waals surface area (Å²) in [6.07, 6.45) is 2.84. The summed E-state index contributed by atoms with van der Waals surface area (Å²) in [5.41, 5.74) is 3.93.